The number of urea groups is 1. The van der Waals surface area contributed by atoms with Crippen molar-refractivity contribution in [3.8, 4) is 11.4 Å². The van der Waals surface area contributed by atoms with Gasteiger partial charge in [0.25, 0.3) is 0 Å². The summed E-state index contributed by atoms with van der Waals surface area (Å²) in [6.45, 7) is 0.621. The smallest absolute Gasteiger partial charge is 0.322 e. The van der Waals surface area contributed by atoms with Gasteiger partial charge in [0.1, 0.15) is 6.04 Å². The molecular weight excluding hydrogens is 387 g/mol. The van der Waals surface area contributed by atoms with Gasteiger partial charge in [-0.15, -0.1) is 0 Å². The fourth-order valence-electron chi connectivity index (χ4n) is 3.11. The minimum Gasteiger partial charge on any atom is -0.337 e. The van der Waals surface area contributed by atoms with Crippen LogP contribution in [0.1, 0.15) is 24.8 Å². The van der Waals surface area contributed by atoms with E-state index in [1.54, 1.807) is 41.3 Å². The van der Waals surface area contributed by atoms with E-state index in [1.165, 1.54) is 0 Å². The Balaban J connectivity index is 1.51. The van der Waals surface area contributed by atoms with E-state index in [1.807, 2.05) is 12.1 Å². The first-order valence-corrected chi connectivity index (χ1v) is 9.28. The van der Waals surface area contributed by atoms with Gasteiger partial charge in [0.2, 0.25) is 11.7 Å². The van der Waals surface area contributed by atoms with E-state index in [0.717, 1.165) is 18.4 Å². The number of anilines is 1. The van der Waals surface area contributed by atoms with E-state index in [4.69, 9.17) is 27.7 Å². The monoisotopic (exact) mass is 402 g/mol. The lowest BCUT2D eigenvalue weighted by Gasteiger charge is -2.22. The van der Waals surface area contributed by atoms with Crippen molar-refractivity contribution in [3.63, 3.8) is 0 Å². The maximum atomic E-state index is 12.7. The normalized spacial score (nSPS) is 16.5. The van der Waals surface area contributed by atoms with Gasteiger partial charge in [0, 0.05) is 27.8 Å². The van der Waals surface area contributed by atoms with Gasteiger partial charge in [0.05, 0.1) is 0 Å². The SMILES string of the molecule is O=C(Nc1cccc(Cl)c1)N1CCC[C@@H]1c1nc(-c2ccc(Cl)cc2)no1. The summed E-state index contributed by atoms with van der Waals surface area (Å²) in [5.41, 5.74) is 1.45. The number of carbonyl (C=O) groups is 1. The van der Waals surface area contributed by atoms with Gasteiger partial charge in [0.15, 0.2) is 0 Å². The molecule has 1 aliphatic heterocycles. The molecule has 27 heavy (non-hydrogen) atoms. The quantitative estimate of drug-likeness (QED) is 0.635. The molecule has 1 saturated heterocycles. The Morgan fingerprint density at radius 2 is 1.96 bits per heavy atom. The van der Waals surface area contributed by atoms with E-state index in [-0.39, 0.29) is 12.1 Å². The Hall–Kier alpha value is -2.57. The number of nitrogens with one attached hydrogen (secondary N) is 1. The maximum Gasteiger partial charge on any atom is 0.322 e. The van der Waals surface area contributed by atoms with E-state index in [9.17, 15) is 4.79 Å². The molecule has 1 aliphatic rings. The van der Waals surface area contributed by atoms with Crippen molar-refractivity contribution >= 4 is 34.9 Å². The van der Waals surface area contributed by atoms with Crippen LogP contribution in [0.25, 0.3) is 11.4 Å². The zero-order valence-corrected chi connectivity index (χ0v) is 15.7. The zero-order valence-electron chi connectivity index (χ0n) is 14.2. The fraction of sp³-hybridized carbons (Fsp3) is 0.211. The molecule has 0 aliphatic carbocycles. The molecule has 0 spiro atoms. The third-order valence-corrected chi connectivity index (χ3v) is 4.91. The number of amides is 2. The Bertz CT molecular complexity index is 958. The number of aromatic nitrogens is 2. The van der Waals surface area contributed by atoms with Crippen LogP contribution in [0, 0.1) is 0 Å². The second kappa shape index (κ2) is 7.58. The van der Waals surface area contributed by atoms with Gasteiger partial charge in [-0.3, -0.25) is 0 Å². The molecular formula is C19H16Cl2N4O2. The third-order valence-electron chi connectivity index (χ3n) is 4.42. The maximum absolute atomic E-state index is 12.7. The van der Waals surface area contributed by atoms with E-state index in [2.05, 4.69) is 15.5 Å². The first-order chi connectivity index (χ1) is 13.1. The molecule has 0 saturated carbocycles. The summed E-state index contributed by atoms with van der Waals surface area (Å²) in [5, 5.41) is 8.12. The molecule has 8 heteroatoms. The van der Waals surface area contributed by atoms with E-state index < -0.39 is 0 Å². The summed E-state index contributed by atoms with van der Waals surface area (Å²) in [5.74, 6) is 0.905. The molecule has 1 fully saturated rings. The summed E-state index contributed by atoms with van der Waals surface area (Å²) in [6, 6.07) is 13.8. The summed E-state index contributed by atoms with van der Waals surface area (Å²) >= 11 is 11.9. The minimum atomic E-state index is -0.252. The topological polar surface area (TPSA) is 71.3 Å². The predicted octanol–water partition coefficient (Wildman–Crippen LogP) is 5.41. The largest absolute Gasteiger partial charge is 0.337 e. The summed E-state index contributed by atoms with van der Waals surface area (Å²) < 4.78 is 5.45. The van der Waals surface area contributed by atoms with Crippen LogP contribution in [0.15, 0.2) is 53.1 Å². The van der Waals surface area contributed by atoms with Crippen molar-refractivity contribution in [1.29, 1.82) is 0 Å². The van der Waals surface area contributed by atoms with Crippen LogP contribution in [-0.2, 0) is 0 Å². The summed E-state index contributed by atoms with van der Waals surface area (Å²) in [6.07, 6.45) is 1.64. The standard InChI is InChI=1S/C19H16Cl2N4O2/c20-13-8-6-12(7-9-13)17-23-18(27-24-17)16-5-2-10-25(16)19(26)22-15-4-1-3-14(21)11-15/h1,3-4,6-9,11,16H,2,5,10H2,(H,22,26)/t16-/m1/s1. The molecule has 2 amide bonds. The Morgan fingerprint density at radius 3 is 2.74 bits per heavy atom. The van der Waals surface area contributed by atoms with Crippen molar-refractivity contribution in [2.75, 3.05) is 11.9 Å². The van der Waals surface area contributed by atoms with Crippen LogP contribution >= 0.6 is 23.2 Å². The molecule has 6 nitrogen and oxygen atoms in total. The summed E-state index contributed by atoms with van der Waals surface area (Å²) in [4.78, 5) is 18.9. The van der Waals surface area contributed by atoms with E-state index >= 15 is 0 Å². The van der Waals surface area contributed by atoms with Gasteiger partial charge in [-0.25, -0.2) is 4.79 Å². The second-order valence-electron chi connectivity index (χ2n) is 6.26. The molecule has 0 unspecified atom stereocenters. The van der Waals surface area contributed by atoms with E-state index in [0.29, 0.717) is 34.0 Å². The van der Waals surface area contributed by atoms with Gasteiger partial charge in [-0.1, -0.05) is 34.4 Å². The number of likely N-dealkylation sites (tertiary alicyclic amines) is 1. The van der Waals surface area contributed by atoms with Crippen molar-refractivity contribution in [1.82, 2.24) is 15.0 Å². The van der Waals surface area contributed by atoms with Crippen molar-refractivity contribution in [3.05, 3.63) is 64.5 Å². The minimum absolute atomic E-state index is 0.217. The van der Waals surface area contributed by atoms with Crippen LogP contribution < -0.4 is 5.32 Å². The van der Waals surface area contributed by atoms with Crippen molar-refractivity contribution in [2.45, 2.75) is 18.9 Å². The first kappa shape index (κ1) is 17.8. The molecule has 138 valence electrons. The molecule has 3 aromatic rings. The lowest BCUT2D eigenvalue weighted by Crippen LogP contribution is -2.34. The highest BCUT2D eigenvalue weighted by atomic mass is 35.5. The van der Waals surface area contributed by atoms with Crippen LogP contribution in [0.5, 0.6) is 0 Å². The van der Waals surface area contributed by atoms with Crippen LogP contribution in [0.3, 0.4) is 0 Å². The van der Waals surface area contributed by atoms with Crippen LogP contribution in [0.2, 0.25) is 10.0 Å². The third kappa shape index (κ3) is 3.91. The number of carbonyl (C=O) groups excluding carboxylic acids is 1. The number of hydrogen-bond donors (Lipinski definition) is 1. The van der Waals surface area contributed by atoms with Crippen LogP contribution in [-0.4, -0.2) is 27.6 Å². The average Bonchev–Trinajstić information content (AvgIpc) is 3.31. The number of rotatable bonds is 3. The first-order valence-electron chi connectivity index (χ1n) is 8.53. The van der Waals surface area contributed by atoms with Crippen LogP contribution in [0.4, 0.5) is 10.5 Å². The lowest BCUT2D eigenvalue weighted by atomic mass is 10.2. The average molecular weight is 403 g/mol. The zero-order chi connectivity index (χ0) is 18.8. The highest BCUT2D eigenvalue weighted by Gasteiger charge is 2.34. The molecule has 1 N–H and O–H groups in total. The summed E-state index contributed by atoms with van der Waals surface area (Å²) in [7, 11) is 0. The Morgan fingerprint density at radius 1 is 1.15 bits per heavy atom. The fourth-order valence-corrected chi connectivity index (χ4v) is 3.43. The lowest BCUT2D eigenvalue weighted by molar-refractivity contribution is 0.193. The highest BCUT2D eigenvalue weighted by molar-refractivity contribution is 6.31. The van der Waals surface area contributed by atoms with Gasteiger partial charge in [-0.2, -0.15) is 4.98 Å². The molecule has 0 radical (unpaired) electrons. The number of hydrogen-bond acceptors (Lipinski definition) is 4. The molecule has 2 aromatic carbocycles. The van der Waals surface area contributed by atoms with Gasteiger partial charge < -0.3 is 14.7 Å². The molecule has 0 bridgehead atoms. The Labute approximate surface area is 166 Å². The van der Waals surface area contributed by atoms with Crippen molar-refractivity contribution in [2.24, 2.45) is 0 Å². The number of benzene rings is 2. The van der Waals surface area contributed by atoms with Crippen molar-refractivity contribution < 1.29 is 9.32 Å². The molecule has 1 aromatic heterocycles. The highest BCUT2D eigenvalue weighted by Crippen LogP contribution is 2.32. The number of halogens is 2. The molecule has 2 heterocycles. The predicted molar refractivity (Wildman–Crippen MR) is 104 cm³/mol. The molecule has 4 rings (SSSR count). The second-order valence-corrected chi connectivity index (χ2v) is 7.13. The Kier molecular flexibility index (Phi) is 5.01. The van der Waals surface area contributed by atoms with Gasteiger partial charge >= 0.3 is 6.03 Å². The van der Waals surface area contributed by atoms with Gasteiger partial charge in [-0.05, 0) is 55.3 Å². The number of nitrogens with zero attached hydrogens (tertiary/aromatic N) is 3. The molecule has 1 atom stereocenters.